The summed E-state index contributed by atoms with van der Waals surface area (Å²) in [5, 5.41) is 0. The molecule has 9 heteroatoms. The molecule has 2 rings (SSSR count). The lowest BCUT2D eigenvalue weighted by Gasteiger charge is -2.38. The van der Waals surface area contributed by atoms with Gasteiger partial charge in [-0.15, -0.1) is 0 Å². The summed E-state index contributed by atoms with van der Waals surface area (Å²) in [4.78, 5) is 29.1. The van der Waals surface area contributed by atoms with Gasteiger partial charge in [0.25, 0.3) is 0 Å². The van der Waals surface area contributed by atoms with Crippen molar-refractivity contribution in [1.29, 1.82) is 0 Å². The number of carbonyl (C=O) groups is 2. The number of nitrogens with zero attached hydrogens (tertiary/aromatic N) is 1. The minimum Gasteiger partial charge on any atom is -0.467 e. The van der Waals surface area contributed by atoms with Crippen molar-refractivity contribution in [3.63, 3.8) is 0 Å². The summed E-state index contributed by atoms with van der Waals surface area (Å²) in [5.41, 5.74) is 3.56. The van der Waals surface area contributed by atoms with Crippen LogP contribution in [0.15, 0.2) is 30.3 Å². The van der Waals surface area contributed by atoms with Crippen molar-refractivity contribution in [1.82, 2.24) is 10.4 Å². The van der Waals surface area contributed by atoms with E-state index in [0.29, 0.717) is 11.3 Å². The first-order valence-electron chi connectivity index (χ1n) is 7.69. The SMILES string of the molecule is COC(=O)C1CCC(NOCc2ccccc2)CN1C(=O)C(F)(F)F. The Morgan fingerprint density at radius 3 is 2.52 bits per heavy atom. The van der Waals surface area contributed by atoms with Crippen LogP contribution in [-0.4, -0.2) is 48.7 Å². The van der Waals surface area contributed by atoms with Gasteiger partial charge in [0.15, 0.2) is 0 Å². The fourth-order valence-corrected chi connectivity index (χ4v) is 2.65. The summed E-state index contributed by atoms with van der Waals surface area (Å²) in [6.45, 7) is -0.0715. The van der Waals surface area contributed by atoms with Gasteiger partial charge in [-0.05, 0) is 18.4 Å². The molecule has 0 bridgehead atoms. The zero-order valence-electron chi connectivity index (χ0n) is 13.6. The van der Waals surface area contributed by atoms with Gasteiger partial charge in [-0.25, -0.2) is 4.79 Å². The largest absolute Gasteiger partial charge is 0.471 e. The summed E-state index contributed by atoms with van der Waals surface area (Å²) in [6, 6.07) is 7.45. The maximum absolute atomic E-state index is 12.8. The number of hydroxylamine groups is 1. The highest BCUT2D eigenvalue weighted by atomic mass is 19.4. The van der Waals surface area contributed by atoms with Gasteiger partial charge in [-0.2, -0.15) is 18.7 Å². The van der Waals surface area contributed by atoms with E-state index in [1.165, 1.54) is 0 Å². The number of hydrogen-bond donors (Lipinski definition) is 1. The van der Waals surface area contributed by atoms with Gasteiger partial charge < -0.3 is 9.64 Å². The summed E-state index contributed by atoms with van der Waals surface area (Å²) in [7, 11) is 1.08. The third-order valence-corrected chi connectivity index (χ3v) is 3.89. The molecule has 1 amide bonds. The van der Waals surface area contributed by atoms with E-state index in [2.05, 4.69) is 10.2 Å². The van der Waals surface area contributed by atoms with Crippen LogP contribution in [0, 0.1) is 0 Å². The van der Waals surface area contributed by atoms with E-state index in [1.807, 2.05) is 30.3 Å². The molecule has 2 unspecified atom stereocenters. The van der Waals surface area contributed by atoms with Crippen molar-refractivity contribution < 1.29 is 32.3 Å². The van der Waals surface area contributed by atoms with Crippen LogP contribution in [-0.2, 0) is 25.8 Å². The number of esters is 1. The smallest absolute Gasteiger partial charge is 0.467 e. The Morgan fingerprint density at radius 2 is 1.92 bits per heavy atom. The summed E-state index contributed by atoms with van der Waals surface area (Å²) >= 11 is 0. The highest BCUT2D eigenvalue weighted by Gasteiger charge is 2.48. The molecule has 0 spiro atoms. The van der Waals surface area contributed by atoms with E-state index in [0.717, 1.165) is 12.7 Å². The van der Waals surface area contributed by atoms with Crippen LogP contribution in [0.4, 0.5) is 13.2 Å². The highest BCUT2D eigenvalue weighted by Crippen LogP contribution is 2.26. The minimum atomic E-state index is -5.06. The molecule has 6 nitrogen and oxygen atoms in total. The van der Waals surface area contributed by atoms with E-state index in [-0.39, 0.29) is 19.6 Å². The molecule has 0 aromatic heterocycles. The number of rotatable bonds is 5. The first-order valence-corrected chi connectivity index (χ1v) is 7.69. The Bertz CT molecular complexity index is 595. The fraction of sp³-hybridized carbons (Fsp3) is 0.500. The summed E-state index contributed by atoms with van der Waals surface area (Å²) in [6.07, 6.45) is -4.63. The maximum Gasteiger partial charge on any atom is 0.471 e. The lowest BCUT2D eigenvalue weighted by atomic mass is 9.98. The normalized spacial score (nSPS) is 21.0. The fourth-order valence-electron chi connectivity index (χ4n) is 2.65. The van der Waals surface area contributed by atoms with Crippen molar-refractivity contribution >= 4 is 11.9 Å². The zero-order chi connectivity index (χ0) is 18.4. The zero-order valence-corrected chi connectivity index (χ0v) is 13.6. The lowest BCUT2D eigenvalue weighted by molar-refractivity contribution is -0.193. The summed E-state index contributed by atoms with van der Waals surface area (Å²) in [5.74, 6) is -2.92. The predicted molar refractivity (Wildman–Crippen MR) is 81.0 cm³/mol. The average molecular weight is 360 g/mol. The van der Waals surface area contributed by atoms with Gasteiger partial charge in [0.1, 0.15) is 6.04 Å². The molecular weight excluding hydrogens is 341 g/mol. The van der Waals surface area contributed by atoms with Crippen molar-refractivity contribution in [3.05, 3.63) is 35.9 Å². The van der Waals surface area contributed by atoms with Crippen LogP contribution in [0.5, 0.6) is 0 Å². The second-order valence-corrected chi connectivity index (χ2v) is 5.66. The predicted octanol–water partition coefficient (Wildman–Crippen LogP) is 1.80. The molecule has 1 aromatic carbocycles. The summed E-state index contributed by atoms with van der Waals surface area (Å²) < 4.78 is 42.8. The van der Waals surface area contributed by atoms with Crippen LogP contribution in [0.3, 0.4) is 0 Å². The van der Waals surface area contributed by atoms with Gasteiger partial charge in [-0.1, -0.05) is 30.3 Å². The Balaban J connectivity index is 1.96. The first-order chi connectivity index (χ1) is 11.8. The standard InChI is InChI=1S/C16H19F3N2O4/c1-24-14(22)13-8-7-12(9-21(13)15(23)16(17,18)19)20-25-10-11-5-3-2-4-6-11/h2-6,12-13,20H,7-10H2,1H3. The number of piperidine rings is 1. The molecule has 25 heavy (non-hydrogen) atoms. The number of alkyl halides is 3. The Hall–Kier alpha value is -2.13. The number of methoxy groups -OCH3 is 1. The third kappa shape index (κ3) is 5.17. The maximum atomic E-state index is 12.8. The molecule has 1 aliphatic heterocycles. The van der Waals surface area contributed by atoms with Crippen LogP contribution in [0.2, 0.25) is 0 Å². The number of amides is 1. The van der Waals surface area contributed by atoms with E-state index in [9.17, 15) is 22.8 Å². The van der Waals surface area contributed by atoms with Crippen LogP contribution < -0.4 is 5.48 Å². The molecule has 1 N–H and O–H groups in total. The molecule has 138 valence electrons. The molecule has 0 saturated carbocycles. The molecular formula is C16H19F3N2O4. The molecule has 1 fully saturated rings. The molecule has 1 heterocycles. The van der Waals surface area contributed by atoms with E-state index >= 15 is 0 Å². The number of hydrogen-bond acceptors (Lipinski definition) is 5. The molecule has 1 saturated heterocycles. The molecule has 2 atom stereocenters. The van der Waals surface area contributed by atoms with Crippen molar-refractivity contribution in [2.24, 2.45) is 0 Å². The Morgan fingerprint density at radius 1 is 1.24 bits per heavy atom. The van der Waals surface area contributed by atoms with Gasteiger partial charge in [-0.3, -0.25) is 9.63 Å². The molecule has 1 aliphatic rings. The number of halogens is 3. The average Bonchev–Trinajstić information content (AvgIpc) is 2.60. The Kier molecular flexibility index (Phi) is 6.38. The quantitative estimate of drug-likeness (QED) is 0.641. The minimum absolute atomic E-state index is 0.0564. The monoisotopic (exact) mass is 360 g/mol. The highest BCUT2D eigenvalue weighted by molar-refractivity contribution is 5.87. The van der Waals surface area contributed by atoms with Crippen molar-refractivity contribution in [2.75, 3.05) is 13.7 Å². The van der Waals surface area contributed by atoms with Gasteiger partial charge in [0.05, 0.1) is 13.7 Å². The lowest BCUT2D eigenvalue weighted by Crippen LogP contribution is -2.58. The van der Waals surface area contributed by atoms with E-state index < -0.39 is 30.1 Å². The number of benzene rings is 1. The number of carbonyl (C=O) groups excluding carboxylic acids is 2. The Labute approximate surface area is 142 Å². The molecule has 1 aromatic rings. The third-order valence-electron chi connectivity index (χ3n) is 3.89. The number of nitrogens with one attached hydrogen (secondary N) is 1. The van der Waals surface area contributed by atoms with Crippen LogP contribution >= 0.6 is 0 Å². The van der Waals surface area contributed by atoms with Crippen molar-refractivity contribution in [3.8, 4) is 0 Å². The van der Waals surface area contributed by atoms with Crippen molar-refractivity contribution in [2.45, 2.75) is 37.7 Å². The van der Waals surface area contributed by atoms with E-state index in [1.54, 1.807) is 0 Å². The van der Waals surface area contributed by atoms with Crippen LogP contribution in [0.25, 0.3) is 0 Å². The van der Waals surface area contributed by atoms with Gasteiger partial charge >= 0.3 is 18.1 Å². The molecule has 0 aliphatic carbocycles. The first kappa shape index (κ1) is 19.2. The van der Waals surface area contributed by atoms with Gasteiger partial charge in [0.2, 0.25) is 0 Å². The van der Waals surface area contributed by atoms with E-state index in [4.69, 9.17) is 4.84 Å². The van der Waals surface area contributed by atoms with Gasteiger partial charge in [0, 0.05) is 12.6 Å². The number of ether oxygens (including phenoxy) is 1. The topological polar surface area (TPSA) is 67.9 Å². The van der Waals surface area contributed by atoms with Crippen LogP contribution in [0.1, 0.15) is 18.4 Å². The second-order valence-electron chi connectivity index (χ2n) is 5.66. The number of likely N-dealkylation sites (tertiary alicyclic amines) is 1. The molecule has 0 radical (unpaired) electrons. The second kappa shape index (κ2) is 8.30.